The van der Waals surface area contributed by atoms with Crippen LogP contribution in [-0.2, 0) is 13.1 Å². The van der Waals surface area contributed by atoms with Gasteiger partial charge in [0.05, 0.1) is 5.56 Å². The van der Waals surface area contributed by atoms with Crippen LogP contribution in [0.2, 0.25) is 0 Å². The van der Waals surface area contributed by atoms with E-state index >= 15 is 0 Å². The molecule has 0 radical (unpaired) electrons. The van der Waals surface area contributed by atoms with Gasteiger partial charge in [-0.05, 0) is 47.5 Å². The van der Waals surface area contributed by atoms with E-state index in [4.69, 9.17) is 15.6 Å². The molecule has 0 saturated heterocycles. The van der Waals surface area contributed by atoms with Gasteiger partial charge in [-0.1, -0.05) is 6.07 Å². The average Bonchev–Trinajstić information content (AvgIpc) is 2.91. The highest BCUT2D eigenvalue weighted by Crippen LogP contribution is 2.23. The third-order valence-corrected chi connectivity index (χ3v) is 3.80. The third-order valence-electron chi connectivity index (χ3n) is 3.80. The number of carboxylic acid groups (broad SMARTS) is 1. The van der Waals surface area contributed by atoms with Gasteiger partial charge in [-0.2, -0.15) is 0 Å². The van der Waals surface area contributed by atoms with Gasteiger partial charge in [0.25, 0.3) is 0 Å². The number of nitrogens with zero attached hydrogens (tertiary/aromatic N) is 1. The minimum absolute atomic E-state index is 0.346. The van der Waals surface area contributed by atoms with E-state index in [0.717, 1.165) is 36.6 Å². The molecule has 5 nitrogen and oxygen atoms in total. The number of hydrogen-bond acceptors (Lipinski definition) is 4. The van der Waals surface area contributed by atoms with Crippen molar-refractivity contribution in [3.8, 4) is 5.75 Å². The Morgan fingerprint density at radius 2 is 1.86 bits per heavy atom. The van der Waals surface area contributed by atoms with Crippen LogP contribution in [0, 0.1) is 0 Å². The zero-order valence-electron chi connectivity index (χ0n) is 12.2. The van der Waals surface area contributed by atoms with Crippen molar-refractivity contribution in [2.75, 3.05) is 18.9 Å². The van der Waals surface area contributed by atoms with Crippen molar-refractivity contribution in [1.82, 2.24) is 4.90 Å². The number of carbonyl (C=O) groups is 1. The number of rotatable bonds is 5. The largest absolute Gasteiger partial charge is 0.492 e. The van der Waals surface area contributed by atoms with E-state index in [2.05, 4.69) is 4.90 Å². The number of nitrogen functional groups attached to an aromatic ring is 1. The average molecular weight is 298 g/mol. The van der Waals surface area contributed by atoms with Crippen LogP contribution in [0.4, 0.5) is 5.69 Å². The Kier molecular flexibility index (Phi) is 3.98. The number of ether oxygens (including phenoxy) is 1. The molecule has 1 aliphatic heterocycles. The molecular formula is C17H18N2O3. The first-order valence-electron chi connectivity index (χ1n) is 7.17. The lowest BCUT2D eigenvalue weighted by Crippen LogP contribution is -2.22. The summed E-state index contributed by atoms with van der Waals surface area (Å²) in [5.41, 5.74) is 8.98. The highest BCUT2D eigenvalue weighted by molar-refractivity contribution is 5.87. The molecule has 3 rings (SSSR count). The van der Waals surface area contributed by atoms with Crippen LogP contribution < -0.4 is 10.5 Å². The molecule has 22 heavy (non-hydrogen) atoms. The van der Waals surface area contributed by atoms with E-state index in [0.29, 0.717) is 12.2 Å². The van der Waals surface area contributed by atoms with Crippen LogP contribution in [0.15, 0.2) is 42.5 Å². The second-order valence-electron chi connectivity index (χ2n) is 5.42. The van der Waals surface area contributed by atoms with E-state index in [1.54, 1.807) is 12.1 Å². The molecule has 0 aliphatic carbocycles. The number of benzene rings is 2. The Hall–Kier alpha value is -2.53. The number of nitrogens with two attached hydrogens (primary N) is 1. The first-order chi connectivity index (χ1) is 10.6. The summed E-state index contributed by atoms with van der Waals surface area (Å²) in [7, 11) is 0. The summed E-state index contributed by atoms with van der Waals surface area (Å²) in [4.78, 5) is 13.2. The predicted molar refractivity (Wildman–Crippen MR) is 83.9 cm³/mol. The van der Waals surface area contributed by atoms with Crippen LogP contribution in [0.5, 0.6) is 5.75 Å². The summed E-state index contributed by atoms with van der Waals surface area (Å²) < 4.78 is 5.69. The van der Waals surface area contributed by atoms with Gasteiger partial charge >= 0.3 is 5.97 Å². The monoisotopic (exact) mass is 298 g/mol. The quantitative estimate of drug-likeness (QED) is 0.829. The summed E-state index contributed by atoms with van der Waals surface area (Å²) in [6, 6.07) is 12.7. The van der Waals surface area contributed by atoms with Crippen LogP contribution in [0.25, 0.3) is 0 Å². The van der Waals surface area contributed by atoms with Gasteiger partial charge in [0.1, 0.15) is 12.4 Å². The van der Waals surface area contributed by atoms with Gasteiger partial charge in [-0.15, -0.1) is 0 Å². The molecule has 0 amide bonds. The third kappa shape index (κ3) is 3.20. The molecule has 0 spiro atoms. The van der Waals surface area contributed by atoms with Crippen molar-refractivity contribution in [1.29, 1.82) is 0 Å². The number of aromatic carboxylic acids is 1. The number of anilines is 1. The Labute approximate surface area is 128 Å². The summed E-state index contributed by atoms with van der Waals surface area (Å²) in [6.45, 7) is 2.98. The second kappa shape index (κ2) is 6.07. The normalized spacial score (nSPS) is 13.8. The van der Waals surface area contributed by atoms with Crippen LogP contribution in [0.3, 0.4) is 0 Å². The molecule has 2 aromatic carbocycles. The molecule has 114 valence electrons. The molecule has 5 heteroatoms. The van der Waals surface area contributed by atoms with Crippen LogP contribution in [-0.4, -0.2) is 29.1 Å². The van der Waals surface area contributed by atoms with Gasteiger partial charge in [0, 0.05) is 25.3 Å². The van der Waals surface area contributed by atoms with Crippen LogP contribution in [0.1, 0.15) is 21.5 Å². The maximum atomic E-state index is 11.0. The Morgan fingerprint density at radius 1 is 1.14 bits per heavy atom. The summed E-state index contributed by atoms with van der Waals surface area (Å²) >= 11 is 0. The molecule has 0 unspecified atom stereocenters. The summed E-state index contributed by atoms with van der Waals surface area (Å²) in [6.07, 6.45) is 0. The first-order valence-corrected chi connectivity index (χ1v) is 7.17. The van der Waals surface area contributed by atoms with Gasteiger partial charge in [-0.25, -0.2) is 4.79 Å². The van der Waals surface area contributed by atoms with Crippen molar-refractivity contribution in [3.63, 3.8) is 0 Å². The molecule has 0 atom stereocenters. The zero-order valence-corrected chi connectivity index (χ0v) is 12.2. The second-order valence-corrected chi connectivity index (χ2v) is 5.42. The minimum atomic E-state index is -0.882. The van der Waals surface area contributed by atoms with Gasteiger partial charge in [-0.3, -0.25) is 4.90 Å². The fraction of sp³-hybridized carbons (Fsp3) is 0.235. The number of fused-ring (bicyclic) bond motifs is 1. The summed E-state index contributed by atoms with van der Waals surface area (Å²) in [5, 5.41) is 9.03. The lowest BCUT2D eigenvalue weighted by Gasteiger charge is -2.15. The van der Waals surface area contributed by atoms with Crippen molar-refractivity contribution < 1.29 is 14.6 Å². The smallest absolute Gasteiger partial charge is 0.335 e. The highest BCUT2D eigenvalue weighted by Gasteiger charge is 2.19. The molecule has 1 heterocycles. The van der Waals surface area contributed by atoms with E-state index in [-0.39, 0.29) is 0 Å². The van der Waals surface area contributed by atoms with Crippen LogP contribution >= 0.6 is 0 Å². The van der Waals surface area contributed by atoms with Crippen molar-refractivity contribution in [2.24, 2.45) is 0 Å². The fourth-order valence-corrected chi connectivity index (χ4v) is 2.61. The van der Waals surface area contributed by atoms with E-state index in [9.17, 15) is 4.79 Å². The van der Waals surface area contributed by atoms with Crippen molar-refractivity contribution >= 4 is 11.7 Å². The molecule has 0 bridgehead atoms. The van der Waals surface area contributed by atoms with E-state index in [1.807, 2.05) is 30.3 Å². The lowest BCUT2D eigenvalue weighted by atomic mass is 10.1. The van der Waals surface area contributed by atoms with Crippen molar-refractivity contribution in [3.05, 3.63) is 59.2 Å². The zero-order chi connectivity index (χ0) is 15.5. The standard InChI is InChI=1S/C17H18N2O3/c18-15-3-5-16(6-4-15)22-8-7-19-10-13-2-1-12(17(20)21)9-14(13)11-19/h1-6,9H,7-8,10-11,18H2,(H,20,21). The molecule has 3 N–H and O–H groups in total. The molecule has 1 aliphatic rings. The fourth-order valence-electron chi connectivity index (χ4n) is 2.61. The molecule has 0 saturated carbocycles. The Morgan fingerprint density at radius 3 is 2.59 bits per heavy atom. The molecule has 0 aromatic heterocycles. The van der Waals surface area contributed by atoms with Gasteiger partial charge in [0.15, 0.2) is 0 Å². The number of carboxylic acids is 1. The predicted octanol–water partition coefficient (Wildman–Crippen LogP) is 2.36. The molecular weight excluding hydrogens is 280 g/mol. The number of hydrogen-bond donors (Lipinski definition) is 2. The van der Waals surface area contributed by atoms with E-state index in [1.165, 1.54) is 5.56 Å². The lowest BCUT2D eigenvalue weighted by molar-refractivity contribution is 0.0696. The Bertz CT molecular complexity index is 683. The maximum Gasteiger partial charge on any atom is 0.335 e. The highest BCUT2D eigenvalue weighted by atomic mass is 16.5. The molecule has 0 fully saturated rings. The maximum absolute atomic E-state index is 11.0. The van der Waals surface area contributed by atoms with Gasteiger partial charge < -0.3 is 15.6 Å². The SMILES string of the molecule is Nc1ccc(OCCN2Cc3ccc(C(=O)O)cc3C2)cc1. The van der Waals surface area contributed by atoms with Crippen molar-refractivity contribution in [2.45, 2.75) is 13.1 Å². The Balaban J connectivity index is 1.53. The minimum Gasteiger partial charge on any atom is -0.492 e. The topological polar surface area (TPSA) is 75.8 Å². The van der Waals surface area contributed by atoms with Gasteiger partial charge in [0.2, 0.25) is 0 Å². The first kappa shape index (κ1) is 14.4. The molecule has 2 aromatic rings. The summed E-state index contributed by atoms with van der Waals surface area (Å²) in [5.74, 6) is -0.0768. The van der Waals surface area contributed by atoms with E-state index < -0.39 is 5.97 Å².